The van der Waals surface area contributed by atoms with Crippen LogP contribution >= 0.6 is 43.6 Å². The van der Waals surface area contributed by atoms with Crippen molar-refractivity contribution in [3.05, 3.63) is 50.8 Å². The molecular weight excluding hydrogens is 397 g/mol. The third-order valence-corrected chi connectivity index (χ3v) is 5.00. The first kappa shape index (κ1) is 14.5. The zero-order chi connectivity index (χ0) is 14.0. The van der Waals surface area contributed by atoms with Crippen molar-refractivity contribution < 1.29 is 4.39 Å². The Kier molecular flexibility index (Phi) is 4.59. The Bertz CT molecular complexity index is 649. The van der Waals surface area contributed by atoms with Crippen molar-refractivity contribution in [2.45, 2.75) is 9.92 Å². The van der Waals surface area contributed by atoms with E-state index >= 15 is 0 Å². The second-order valence-corrected chi connectivity index (χ2v) is 6.22. The molecule has 1 aromatic heterocycles. The third-order valence-electron chi connectivity index (χ3n) is 2.27. The van der Waals surface area contributed by atoms with E-state index in [0.29, 0.717) is 15.5 Å². The number of nitrogens with two attached hydrogens (primary N) is 1. The van der Waals surface area contributed by atoms with E-state index in [1.54, 1.807) is 24.4 Å². The van der Waals surface area contributed by atoms with Crippen molar-refractivity contribution >= 4 is 49.5 Å². The molecule has 7 heteroatoms. The average molecular weight is 405 g/mol. The van der Waals surface area contributed by atoms with Crippen LogP contribution in [0.3, 0.4) is 0 Å². The molecule has 0 aliphatic heterocycles. The van der Waals surface area contributed by atoms with Gasteiger partial charge in [-0.25, -0.2) is 9.37 Å². The van der Waals surface area contributed by atoms with Crippen molar-refractivity contribution in [2.24, 2.45) is 5.73 Å². The maximum Gasteiger partial charge on any atom is 0.152 e. The molecule has 0 radical (unpaired) electrons. The highest BCUT2D eigenvalue weighted by molar-refractivity contribution is 9.10. The monoisotopic (exact) mass is 403 g/mol. The molecule has 0 amide bonds. The maximum absolute atomic E-state index is 14.2. The van der Waals surface area contributed by atoms with E-state index in [9.17, 15) is 4.39 Å². The third kappa shape index (κ3) is 3.16. The van der Waals surface area contributed by atoms with Crippen LogP contribution in [-0.4, -0.2) is 10.8 Å². The van der Waals surface area contributed by atoms with Crippen LogP contribution in [0.2, 0.25) is 0 Å². The number of rotatable bonds is 3. The van der Waals surface area contributed by atoms with Gasteiger partial charge in [-0.15, -0.1) is 0 Å². The fourth-order valence-corrected chi connectivity index (χ4v) is 3.37. The Morgan fingerprint density at radius 3 is 2.68 bits per heavy atom. The van der Waals surface area contributed by atoms with Gasteiger partial charge in [0.1, 0.15) is 10.9 Å². The second kappa shape index (κ2) is 6.02. The second-order valence-electron chi connectivity index (χ2n) is 3.55. The zero-order valence-electron chi connectivity index (χ0n) is 9.45. The molecule has 2 rings (SSSR count). The lowest BCUT2D eigenvalue weighted by atomic mass is 10.2. The molecule has 19 heavy (non-hydrogen) atoms. The van der Waals surface area contributed by atoms with Crippen molar-refractivity contribution in [2.75, 3.05) is 0 Å². The fraction of sp³-hybridized carbons (Fsp3) is 0. The summed E-state index contributed by atoms with van der Waals surface area (Å²) in [6.07, 6.45) is 1.64. The minimum atomic E-state index is -0.449. The van der Waals surface area contributed by atoms with Gasteiger partial charge in [0.25, 0.3) is 0 Å². The van der Waals surface area contributed by atoms with E-state index < -0.39 is 5.82 Å². The number of pyridine rings is 1. The molecule has 1 aromatic carbocycles. The lowest BCUT2D eigenvalue weighted by molar-refractivity contribution is 0.594. The highest BCUT2D eigenvalue weighted by Crippen LogP contribution is 2.36. The molecule has 98 valence electrons. The van der Waals surface area contributed by atoms with Crippen molar-refractivity contribution in [3.63, 3.8) is 0 Å². The summed E-state index contributed by atoms with van der Waals surface area (Å²) in [7, 11) is 0. The molecule has 3 N–H and O–H groups in total. The fourth-order valence-electron chi connectivity index (χ4n) is 1.37. The van der Waals surface area contributed by atoms with Crippen LogP contribution in [0.5, 0.6) is 0 Å². The van der Waals surface area contributed by atoms with E-state index in [-0.39, 0.29) is 10.3 Å². The van der Waals surface area contributed by atoms with Gasteiger partial charge in [-0.05, 0) is 56.1 Å². The van der Waals surface area contributed by atoms with Gasteiger partial charge in [0, 0.05) is 11.8 Å². The molecule has 3 nitrogen and oxygen atoms in total. The molecule has 0 bridgehead atoms. The molecule has 0 saturated heterocycles. The number of nitrogen functional groups attached to an aromatic ring is 1. The molecule has 0 saturated carbocycles. The van der Waals surface area contributed by atoms with Crippen LogP contribution in [-0.2, 0) is 0 Å². The highest BCUT2D eigenvalue weighted by Gasteiger charge is 2.15. The minimum Gasteiger partial charge on any atom is -0.384 e. The normalized spacial score (nSPS) is 10.5. The van der Waals surface area contributed by atoms with E-state index in [1.807, 2.05) is 6.07 Å². The lowest BCUT2D eigenvalue weighted by Crippen LogP contribution is -2.12. The highest BCUT2D eigenvalue weighted by atomic mass is 79.9. The van der Waals surface area contributed by atoms with Crippen molar-refractivity contribution in [1.29, 1.82) is 5.41 Å². The predicted octanol–water partition coefficient (Wildman–Crippen LogP) is 4.18. The maximum atomic E-state index is 14.2. The first-order chi connectivity index (χ1) is 9.00. The summed E-state index contributed by atoms with van der Waals surface area (Å²) in [5.74, 6) is -0.628. The summed E-state index contributed by atoms with van der Waals surface area (Å²) in [4.78, 5) is 4.58. The summed E-state index contributed by atoms with van der Waals surface area (Å²) < 4.78 is 15.2. The molecule has 2 aromatic rings. The molecule has 0 atom stereocenters. The van der Waals surface area contributed by atoms with Gasteiger partial charge in [0.05, 0.1) is 13.8 Å². The van der Waals surface area contributed by atoms with Gasteiger partial charge in [-0.2, -0.15) is 0 Å². The van der Waals surface area contributed by atoms with Crippen LogP contribution in [0.1, 0.15) is 5.56 Å². The topological polar surface area (TPSA) is 62.8 Å². The number of nitrogens with zero attached hydrogens (tertiary/aromatic N) is 1. The molecule has 0 fully saturated rings. The van der Waals surface area contributed by atoms with Crippen LogP contribution in [0.15, 0.2) is 49.3 Å². The van der Waals surface area contributed by atoms with Gasteiger partial charge < -0.3 is 5.73 Å². The number of nitrogens with one attached hydrogen (secondary N) is 1. The smallest absolute Gasteiger partial charge is 0.152 e. The van der Waals surface area contributed by atoms with E-state index in [4.69, 9.17) is 11.1 Å². The van der Waals surface area contributed by atoms with Gasteiger partial charge in [0.15, 0.2) is 5.82 Å². The SMILES string of the molecule is N=C(N)c1ccc(Sc2ncccc2Br)c(F)c1Br. The molecule has 0 aliphatic carbocycles. The quantitative estimate of drug-likeness (QED) is 0.595. The number of amidine groups is 1. The number of aromatic nitrogens is 1. The number of hydrogen-bond acceptors (Lipinski definition) is 3. The summed E-state index contributed by atoms with van der Waals surface area (Å²) in [5.41, 5.74) is 5.71. The van der Waals surface area contributed by atoms with Crippen LogP contribution in [0.25, 0.3) is 0 Å². The summed E-state index contributed by atoms with van der Waals surface area (Å²) in [5, 5.41) is 8.02. The molecular formula is C12H8Br2FN3S. The minimum absolute atomic E-state index is 0.179. The Hall–Kier alpha value is -0.920. The van der Waals surface area contributed by atoms with Crippen molar-refractivity contribution in [3.8, 4) is 0 Å². The van der Waals surface area contributed by atoms with Gasteiger partial charge in [-0.1, -0.05) is 11.8 Å². The lowest BCUT2D eigenvalue weighted by Gasteiger charge is -2.08. The first-order valence-electron chi connectivity index (χ1n) is 5.11. The van der Waals surface area contributed by atoms with E-state index in [0.717, 1.165) is 4.47 Å². The van der Waals surface area contributed by atoms with Crippen LogP contribution in [0.4, 0.5) is 4.39 Å². The molecule has 0 spiro atoms. The van der Waals surface area contributed by atoms with Crippen LogP contribution < -0.4 is 5.73 Å². The molecule has 1 heterocycles. The summed E-state index contributed by atoms with van der Waals surface area (Å²) >= 11 is 7.69. The number of hydrogen-bond donors (Lipinski definition) is 2. The molecule has 0 aliphatic rings. The Morgan fingerprint density at radius 2 is 2.05 bits per heavy atom. The predicted molar refractivity (Wildman–Crippen MR) is 81.2 cm³/mol. The first-order valence-corrected chi connectivity index (χ1v) is 7.51. The summed E-state index contributed by atoms with van der Waals surface area (Å²) in [6, 6.07) is 6.82. The Balaban J connectivity index is 2.40. The van der Waals surface area contributed by atoms with Gasteiger partial charge in [-0.3, -0.25) is 5.41 Å². The Morgan fingerprint density at radius 1 is 1.32 bits per heavy atom. The standard InChI is InChI=1S/C12H8Br2FN3S/c13-7-2-1-5-18-12(7)19-8-4-3-6(11(16)17)9(14)10(8)15/h1-5H,(H3,16,17). The van der Waals surface area contributed by atoms with E-state index in [2.05, 4.69) is 36.8 Å². The van der Waals surface area contributed by atoms with E-state index in [1.165, 1.54) is 11.8 Å². The van der Waals surface area contributed by atoms with Gasteiger partial charge in [0.2, 0.25) is 0 Å². The number of benzene rings is 1. The average Bonchev–Trinajstić information content (AvgIpc) is 2.37. The largest absolute Gasteiger partial charge is 0.384 e. The van der Waals surface area contributed by atoms with Crippen LogP contribution in [0, 0.1) is 11.2 Å². The van der Waals surface area contributed by atoms with Gasteiger partial charge >= 0.3 is 0 Å². The Labute approximate surface area is 130 Å². The summed E-state index contributed by atoms with van der Waals surface area (Å²) in [6.45, 7) is 0. The van der Waals surface area contributed by atoms with Crippen molar-refractivity contribution in [1.82, 2.24) is 4.98 Å². The molecule has 0 unspecified atom stereocenters. The zero-order valence-corrected chi connectivity index (χ0v) is 13.4. The number of halogens is 3.